The fraction of sp³-hybridized carbons (Fsp3) is 0.453. The maximum atomic E-state index is 17.0. The van der Waals surface area contributed by atoms with Crippen molar-refractivity contribution < 1.29 is 24.1 Å². The summed E-state index contributed by atoms with van der Waals surface area (Å²) in [4.78, 5) is 35.0. The summed E-state index contributed by atoms with van der Waals surface area (Å²) >= 11 is 0. The molecule has 1 aromatic heterocycles. The van der Waals surface area contributed by atoms with Crippen molar-refractivity contribution in [1.82, 2.24) is 40.2 Å². The van der Waals surface area contributed by atoms with Crippen molar-refractivity contribution in [3.63, 3.8) is 0 Å². The first kappa shape index (κ1) is 43.8. The second kappa shape index (κ2) is 18.0. The zero-order valence-electron chi connectivity index (χ0n) is 38.8. The molecule has 13 nitrogen and oxygen atoms in total. The standard InChI is InChI=1S/C53H62FN9O4/c1-32(2)43-22-44(47(65)23-46(43)64)52(66)63-26-35-12-11-33(21-36(35)27-63)25-60-17-19-61(20-18-60)30-39-15-16-40(59(39)3)31-67-53-57-50-45(51(58-53)62-28-37-13-14-38(29-62)56-37)24-55-49(48(50)54)42-10-6-8-34-7-4-5-9-41(34)42/h4-12,21-24,32,37-40,49,55-56,64-65H,13-20,25-31H2,1-3H3/t37?,38?,39-,40+,49?/m1/s1. The molecule has 11 rings (SSSR count). The minimum Gasteiger partial charge on any atom is -0.508 e. The SMILES string of the molecule is CC(C)c1cc(C(=O)N2Cc3ccc(CN4CCN(C[C@H]5CC[C@@H](COc6nc(N7CC8CCC(C7)N8)c7c(n6)=C(F)C(c6cccc8ccccc68)NC=7)N5C)CC4)cc3C2)c(O)cc1O. The molecule has 0 radical (unpaired) electrons. The third kappa shape index (κ3) is 8.58. The van der Waals surface area contributed by atoms with Gasteiger partial charge in [0.1, 0.15) is 35.3 Å². The average molecular weight is 908 g/mol. The van der Waals surface area contributed by atoms with E-state index in [0.717, 1.165) is 111 Å². The summed E-state index contributed by atoms with van der Waals surface area (Å²) in [6.45, 7) is 12.8. The number of phenols is 2. The van der Waals surface area contributed by atoms with Crippen LogP contribution in [-0.4, -0.2) is 129 Å². The Bertz CT molecular complexity index is 2820. The van der Waals surface area contributed by atoms with E-state index in [0.29, 0.717) is 54.0 Å². The monoisotopic (exact) mass is 907 g/mol. The van der Waals surface area contributed by atoms with E-state index in [2.05, 4.69) is 67.6 Å². The highest BCUT2D eigenvalue weighted by Crippen LogP contribution is 2.36. The summed E-state index contributed by atoms with van der Waals surface area (Å²) in [7, 11) is 2.21. The molecule has 14 heteroatoms. The van der Waals surface area contributed by atoms with Crippen LogP contribution in [0, 0.1) is 0 Å². The number of nitrogens with one attached hydrogen (secondary N) is 2. The number of aromatic hydroxyl groups is 2. The number of ether oxygens (including phenoxy) is 1. The molecule has 4 N–H and O–H groups in total. The Morgan fingerprint density at radius 2 is 1.60 bits per heavy atom. The van der Waals surface area contributed by atoms with Crippen molar-refractivity contribution >= 4 is 34.5 Å². The predicted molar refractivity (Wildman–Crippen MR) is 258 cm³/mol. The number of halogens is 1. The van der Waals surface area contributed by atoms with Gasteiger partial charge in [-0.25, -0.2) is 4.39 Å². The summed E-state index contributed by atoms with van der Waals surface area (Å²) in [6, 6.07) is 24.6. The van der Waals surface area contributed by atoms with Crippen molar-refractivity contribution in [3.05, 3.63) is 117 Å². The van der Waals surface area contributed by atoms with E-state index in [1.54, 1.807) is 11.0 Å². The summed E-state index contributed by atoms with van der Waals surface area (Å²) in [6.07, 6.45) is 6.27. The van der Waals surface area contributed by atoms with Gasteiger partial charge >= 0.3 is 6.01 Å². The first-order valence-electron chi connectivity index (χ1n) is 24.3. The van der Waals surface area contributed by atoms with Gasteiger partial charge in [-0.1, -0.05) is 74.5 Å². The van der Waals surface area contributed by atoms with E-state index in [-0.39, 0.29) is 46.8 Å². The largest absolute Gasteiger partial charge is 0.508 e. The highest BCUT2D eigenvalue weighted by Gasteiger charge is 2.36. The van der Waals surface area contributed by atoms with Crippen LogP contribution in [0.15, 0.2) is 72.8 Å². The number of phenolic OH excluding ortho intramolecular Hbond substituents is 2. The van der Waals surface area contributed by atoms with Crippen molar-refractivity contribution in [2.75, 3.05) is 64.4 Å². The number of benzene rings is 4. The second-order valence-electron chi connectivity index (χ2n) is 20.1. The van der Waals surface area contributed by atoms with Crippen LogP contribution in [0.5, 0.6) is 17.5 Å². The highest BCUT2D eigenvalue weighted by atomic mass is 19.1. The summed E-state index contributed by atoms with van der Waals surface area (Å²) < 4.78 is 23.5. The number of likely N-dealkylation sites (N-methyl/N-ethyl adjacent to an activating group) is 1. The van der Waals surface area contributed by atoms with Crippen LogP contribution in [0.2, 0.25) is 0 Å². The first-order valence-corrected chi connectivity index (χ1v) is 24.3. The van der Waals surface area contributed by atoms with Crippen LogP contribution in [0.3, 0.4) is 0 Å². The first-order chi connectivity index (χ1) is 32.5. The van der Waals surface area contributed by atoms with Crippen LogP contribution in [0.1, 0.15) is 89.7 Å². The Labute approximate surface area is 391 Å². The van der Waals surface area contributed by atoms with E-state index in [4.69, 9.17) is 14.7 Å². The lowest BCUT2D eigenvalue weighted by atomic mass is 9.96. The molecule has 5 aromatic rings. The number of likely N-dealkylation sites (tertiary alicyclic amines) is 1. The molecule has 4 aromatic carbocycles. The molecule has 1 amide bonds. The van der Waals surface area contributed by atoms with Gasteiger partial charge in [-0.15, -0.1) is 0 Å². The molecule has 67 heavy (non-hydrogen) atoms. The lowest BCUT2D eigenvalue weighted by molar-refractivity contribution is 0.0748. The van der Waals surface area contributed by atoms with E-state index in [1.807, 2.05) is 50.4 Å². The van der Waals surface area contributed by atoms with E-state index in [9.17, 15) is 15.0 Å². The number of piperazine rings is 2. The summed E-state index contributed by atoms with van der Waals surface area (Å²) in [5, 5.41) is 31.0. The van der Waals surface area contributed by atoms with Gasteiger partial charge in [-0.05, 0) is 83.3 Å². The van der Waals surface area contributed by atoms with Gasteiger partial charge in [-0.2, -0.15) is 9.97 Å². The Morgan fingerprint density at radius 1 is 0.851 bits per heavy atom. The molecule has 4 fully saturated rings. The van der Waals surface area contributed by atoms with Crippen LogP contribution in [0.4, 0.5) is 10.2 Å². The Kier molecular flexibility index (Phi) is 11.8. The molecule has 7 heterocycles. The van der Waals surface area contributed by atoms with Crippen molar-refractivity contribution in [1.29, 1.82) is 0 Å². The molecule has 2 bridgehead atoms. The fourth-order valence-electron chi connectivity index (χ4n) is 11.6. The molecule has 3 unspecified atom stereocenters. The molecule has 5 atom stereocenters. The quantitative estimate of drug-likeness (QED) is 0.141. The number of anilines is 1. The van der Waals surface area contributed by atoms with Gasteiger partial charge in [-0.3, -0.25) is 19.5 Å². The summed E-state index contributed by atoms with van der Waals surface area (Å²) in [5.41, 5.74) is 5.27. The Morgan fingerprint density at radius 3 is 2.40 bits per heavy atom. The highest BCUT2D eigenvalue weighted by molar-refractivity contribution is 5.97. The van der Waals surface area contributed by atoms with Gasteiger partial charge < -0.3 is 35.4 Å². The van der Waals surface area contributed by atoms with Gasteiger partial charge in [0.15, 0.2) is 5.83 Å². The van der Waals surface area contributed by atoms with Crippen LogP contribution in [0.25, 0.3) is 22.8 Å². The number of carbonyl (C=O) groups is 1. The second-order valence-corrected chi connectivity index (χ2v) is 20.1. The number of amides is 1. The summed E-state index contributed by atoms with van der Waals surface area (Å²) in [5.74, 6) is 0.0193. The topological polar surface area (TPSA) is 133 Å². The lowest BCUT2D eigenvalue weighted by Gasteiger charge is -2.37. The predicted octanol–water partition coefficient (Wildman–Crippen LogP) is 5.08. The molecule has 6 aliphatic rings. The molecule has 6 aliphatic heterocycles. The number of aromatic nitrogens is 2. The third-order valence-corrected chi connectivity index (χ3v) is 15.4. The molecular weight excluding hydrogens is 846 g/mol. The number of carbonyl (C=O) groups excluding carboxylic acids is 1. The number of hydrogen-bond acceptors (Lipinski definition) is 12. The minimum atomic E-state index is -0.671. The van der Waals surface area contributed by atoms with E-state index in [1.165, 1.54) is 11.6 Å². The van der Waals surface area contributed by atoms with Gasteiger partial charge in [0.25, 0.3) is 5.91 Å². The Hall–Kier alpha value is -5.80. The zero-order chi connectivity index (χ0) is 45.9. The molecule has 0 spiro atoms. The number of nitrogens with zero attached hydrogens (tertiary/aromatic N) is 7. The molecule has 4 saturated heterocycles. The maximum absolute atomic E-state index is 17.0. The minimum absolute atomic E-state index is 0.00660. The lowest BCUT2D eigenvalue weighted by Crippen LogP contribution is -2.54. The average Bonchev–Trinajstić information content (AvgIpc) is 4.03. The number of hydrogen-bond donors (Lipinski definition) is 4. The zero-order valence-corrected chi connectivity index (χ0v) is 38.8. The fourth-order valence-corrected chi connectivity index (χ4v) is 11.6. The third-order valence-electron chi connectivity index (χ3n) is 15.4. The van der Waals surface area contributed by atoms with Gasteiger partial charge in [0.2, 0.25) is 0 Å². The maximum Gasteiger partial charge on any atom is 0.319 e. The van der Waals surface area contributed by atoms with Crippen LogP contribution < -0.4 is 30.8 Å². The van der Waals surface area contributed by atoms with E-state index >= 15 is 4.39 Å². The van der Waals surface area contributed by atoms with Crippen LogP contribution in [-0.2, 0) is 19.6 Å². The normalized spacial score (nSPS) is 24.3. The van der Waals surface area contributed by atoms with Crippen molar-refractivity contribution in [2.45, 2.75) is 95.3 Å². The Balaban J connectivity index is 0.711. The van der Waals surface area contributed by atoms with E-state index < -0.39 is 6.04 Å². The van der Waals surface area contributed by atoms with Crippen LogP contribution >= 0.6 is 0 Å². The van der Waals surface area contributed by atoms with Crippen molar-refractivity contribution in [2.24, 2.45) is 0 Å². The van der Waals surface area contributed by atoms with Gasteiger partial charge in [0, 0.05) is 102 Å². The molecule has 0 aliphatic carbocycles. The molecular formula is C53H62FN9O4. The number of fused-ring (bicyclic) bond motifs is 5. The smallest absolute Gasteiger partial charge is 0.319 e. The molecule has 350 valence electrons. The van der Waals surface area contributed by atoms with Crippen molar-refractivity contribution in [3.8, 4) is 17.5 Å². The number of rotatable bonds is 11. The molecule has 0 saturated carbocycles. The van der Waals surface area contributed by atoms with Gasteiger partial charge in [0.05, 0.1) is 10.8 Å².